The molecule has 0 bridgehead atoms. The molecule has 0 unspecified atom stereocenters. The van der Waals surface area contributed by atoms with E-state index in [1.165, 1.54) is 41.4 Å². The van der Waals surface area contributed by atoms with Crippen LogP contribution in [-0.4, -0.2) is 47.9 Å². The number of nitro groups is 1. The highest BCUT2D eigenvalue weighted by atomic mass is 79.9. The molecule has 190 valence electrons. The first kappa shape index (κ1) is 26.5. The van der Waals surface area contributed by atoms with Gasteiger partial charge in [-0.25, -0.2) is 10.1 Å². The zero-order chi connectivity index (χ0) is 26.2. The number of carbonyl (C=O) groups is 1. The number of amides is 1. The van der Waals surface area contributed by atoms with Crippen molar-refractivity contribution in [3.63, 3.8) is 0 Å². The standard InChI is InChI=1S/C20H17BrN10O3S3/c21-14-5-1-4-13(7-14)10-36-20-29-27-18(37-20)24-16(32)11-35-19-28-26-17(30(19)22)25-23-9-12-3-2-6-15(8-12)31(33)34/h1-9H,10-11,22H2,(H,25,26)(H,24,27,32)/b23-9+. The molecular formula is C20H17BrN10O3S3. The quantitative estimate of drug-likeness (QED) is 0.0551. The number of benzene rings is 2. The number of non-ortho nitro benzene ring substituents is 1. The van der Waals surface area contributed by atoms with Crippen LogP contribution in [0.3, 0.4) is 0 Å². The van der Waals surface area contributed by atoms with Crippen molar-refractivity contribution < 1.29 is 9.72 Å². The lowest BCUT2D eigenvalue weighted by Crippen LogP contribution is -2.16. The van der Waals surface area contributed by atoms with Crippen LogP contribution in [0, 0.1) is 10.1 Å². The summed E-state index contributed by atoms with van der Waals surface area (Å²) >= 11 is 7.35. The lowest BCUT2D eigenvalue weighted by molar-refractivity contribution is -0.384. The molecule has 0 spiro atoms. The molecule has 0 aliphatic heterocycles. The predicted octanol–water partition coefficient (Wildman–Crippen LogP) is 3.98. The number of nitrogens with zero attached hydrogens (tertiary/aromatic N) is 7. The number of hydrogen-bond donors (Lipinski definition) is 3. The summed E-state index contributed by atoms with van der Waals surface area (Å²) in [6.45, 7) is 0. The number of hydrogen-bond acceptors (Lipinski definition) is 13. The molecule has 0 atom stereocenters. The second kappa shape index (κ2) is 12.6. The van der Waals surface area contributed by atoms with Crippen LogP contribution < -0.4 is 16.6 Å². The fraction of sp³-hybridized carbons (Fsp3) is 0.100. The highest BCUT2D eigenvalue weighted by Gasteiger charge is 2.14. The Labute approximate surface area is 230 Å². The largest absolute Gasteiger partial charge is 0.334 e. The highest BCUT2D eigenvalue weighted by Crippen LogP contribution is 2.29. The number of nitro benzene ring substituents is 1. The molecule has 2 heterocycles. The number of aromatic nitrogens is 5. The van der Waals surface area contributed by atoms with Crippen LogP contribution in [0.15, 0.2) is 67.6 Å². The predicted molar refractivity (Wildman–Crippen MR) is 147 cm³/mol. The van der Waals surface area contributed by atoms with Crippen molar-refractivity contribution in [1.82, 2.24) is 25.1 Å². The van der Waals surface area contributed by atoms with E-state index >= 15 is 0 Å². The average molecular weight is 622 g/mol. The zero-order valence-corrected chi connectivity index (χ0v) is 22.7. The Kier molecular flexibility index (Phi) is 9.04. The molecule has 4 rings (SSSR count). The summed E-state index contributed by atoms with van der Waals surface area (Å²) in [5, 5.41) is 34.2. The van der Waals surface area contributed by atoms with Gasteiger partial charge >= 0.3 is 0 Å². The lowest BCUT2D eigenvalue weighted by atomic mass is 10.2. The second-order valence-corrected chi connectivity index (χ2v) is 11.1. The number of thioether (sulfide) groups is 2. The summed E-state index contributed by atoms with van der Waals surface area (Å²) in [5.74, 6) is 6.54. The lowest BCUT2D eigenvalue weighted by Gasteiger charge is -2.03. The van der Waals surface area contributed by atoms with Gasteiger partial charge in [0.2, 0.25) is 16.2 Å². The topological polar surface area (TPSA) is 179 Å². The number of nitrogen functional groups attached to an aromatic ring is 1. The Morgan fingerprint density at radius 3 is 2.84 bits per heavy atom. The van der Waals surface area contributed by atoms with Gasteiger partial charge in [0.25, 0.3) is 11.6 Å². The van der Waals surface area contributed by atoms with Gasteiger partial charge in [0.05, 0.1) is 16.9 Å². The third-order valence-electron chi connectivity index (χ3n) is 4.36. The van der Waals surface area contributed by atoms with E-state index < -0.39 is 4.92 Å². The van der Waals surface area contributed by atoms with Gasteiger partial charge in [0.1, 0.15) is 0 Å². The van der Waals surface area contributed by atoms with Crippen LogP contribution in [-0.2, 0) is 10.5 Å². The van der Waals surface area contributed by atoms with E-state index in [0.717, 1.165) is 36.6 Å². The fourth-order valence-corrected chi connectivity index (χ4v) is 5.53. The number of carbonyl (C=O) groups excluding carboxylic acids is 1. The molecule has 13 nitrogen and oxygen atoms in total. The number of hydrazone groups is 1. The Morgan fingerprint density at radius 2 is 2.03 bits per heavy atom. The van der Waals surface area contributed by atoms with Gasteiger partial charge in [-0.05, 0) is 17.7 Å². The van der Waals surface area contributed by atoms with E-state index in [4.69, 9.17) is 5.84 Å². The minimum Gasteiger partial charge on any atom is -0.334 e. The van der Waals surface area contributed by atoms with E-state index in [2.05, 4.69) is 52.2 Å². The molecule has 0 aliphatic carbocycles. The number of nitrogens with two attached hydrogens (primary N) is 1. The molecule has 17 heteroatoms. The smallest absolute Gasteiger partial charge is 0.270 e. The Morgan fingerprint density at radius 1 is 1.19 bits per heavy atom. The molecule has 1 amide bonds. The normalized spacial score (nSPS) is 11.1. The zero-order valence-electron chi connectivity index (χ0n) is 18.6. The molecule has 4 N–H and O–H groups in total. The van der Waals surface area contributed by atoms with Crippen molar-refractivity contribution in [2.45, 2.75) is 15.2 Å². The van der Waals surface area contributed by atoms with E-state index in [1.807, 2.05) is 24.3 Å². The van der Waals surface area contributed by atoms with Gasteiger partial charge in [-0.2, -0.15) is 5.10 Å². The summed E-state index contributed by atoms with van der Waals surface area (Å²) in [6, 6.07) is 14.0. The fourth-order valence-electron chi connectivity index (χ4n) is 2.71. The minimum atomic E-state index is -0.491. The van der Waals surface area contributed by atoms with Crippen LogP contribution in [0.4, 0.5) is 16.8 Å². The van der Waals surface area contributed by atoms with Crippen molar-refractivity contribution >= 4 is 79.7 Å². The van der Waals surface area contributed by atoms with Crippen molar-refractivity contribution in [3.8, 4) is 0 Å². The molecule has 2 aromatic heterocycles. The Hall–Kier alpha value is -3.54. The maximum absolute atomic E-state index is 12.3. The highest BCUT2D eigenvalue weighted by molar-refractivity contribution is 9.10. The van der Waals surface area contributed by atoms with E-state index in [9.17, 15) is 14.9 Å². The monoisotopic (exact) mass is 620 g/mol. The first-order valence-electron chi connectivity index (χ1n) is 10.2. The first-order chi connectivity index (χ1) is 17.9. The Balaban J connectivity index is 1.24. The molecule has 4 aromatic rings. The molecule has 0 fully saturated rings. The van der Waals surface area contributed by atoms with Gasteiger partial charge in [0.15, 0.2) is 4.34 Å². The molecule has 0 aliphatic rings. The second-order valence-electron chi connectivity index (χ2n) is 7.03. The summed E-state index contributed by atoms with van der Waals surface area (Å²) in [7, 11) is 0. The maximum Gasteiger partial charge on any atom is 0.270 e. The molecule has 2 aromatic carbocycles. The van der Waals surface area contributed by atoms with Crippen molar-refractivity contribution in [3.05, 3.63) is 74.2 Å². The van der Waals surface area contributed by atoms with E-state index in [1.54, 1.807) is 12.1 Å². The van der Waals surface area contributed by atoms with Crippen molar-refractivity contribution in [2.24, 2.45) is 5.10 Å². The maximum atomic E-state index is 12.3. The van der Waals surface area contributed by atoms with Gasteiger partial charge in [-0.15, -0.1) is 20.4 Å². The number of halogens is 1. The average Bonchev–Trinajstić information content (AvgIpc) is 3.47. The summed E-state index contributed by atoms with van der Waals surface area (Å²) in [6.07, 6.45) is 1.38. The van der Waals surface area contributed by atoms with Crippen LogP contribution in [0.1, 0.15) is 11.1 Å². The summed E-state index contributed by atoms with van der Waals surface area (Å²) in [5.41, 5.74) is 4.23. The van der Waals surface area contributed by atoms with Crippen LogP contribution in [0.25, 0.3) is 0 Å². The number of rotatable bonds is 11. The van der Waals surface area contributed by atoms with Crippen molar-refractivity contribution in [2.75, 3.05) is 22.3 Å². The molecule has 0 saturated heterocycles. The third-order valence-corrected chi connectivity index (χ3v) is 7.84. The van der Waals surface area contributed by atoms with Crippen molar-refractivity contribution in [1.29, 1.82) is 0 Å². The number of anilines is 2. The van der Waals surface area contributed by atoms with Gasteiger partial charge in [-0.1, -0.05) is 75.1 Å². The van der Waals surface area contributed by atoms with Crippen LogP contribution in [0.5, 0.6) is 0 Å². The molecular weight excluding hydrogens is 604 g/mol. The van der Waals surface area contributed by atoms with E-state index in [-0.39, 0.29) is 28.5 Å². The SMILES string of the molecule is Nn1c(N/N=C/c2cccc([N+](=O)[O-])c2)nnc1SCC(=O)Nc1nnc(SCc2cccc(Br)c2)s1. The minimum absolute atomic E-state index is 0.0202. The van der Waals surface area contributed by atoms with E-state index in [0.29, 0.717) is 10.7 Å². The van der Waals surface area contributed by atoms with Crippen LogP contribution >= 0.6 is 50.8 Å². The molecule has 0 saturated carbocycles. The molecule has 37 heavy (non-hydrogen) atoms. The first-order valence-corrected chi connectivity index (χ1v) is 13.8. The summed E-state index contributed by atoms with van der Waals surface area (Å²) in [4.78, 5) is 22.7. The van der Waals surface area contributed by atoms with Gasteiger partial charge < -0.3 is 5.84 Å². The Bertz CT molecular complexity index is 1440. The van der Waals surface area contributed by atoms with Crippen LogP contribution in [0.2, 0.25) is 0 Å². The summed E-state index contributed by atoms with van der Waals surface area (Å²) < 4.78 is 2.90. The van der Waals surface area contributed by atoms with Gasteiger partial charge in [-0.3, -0.25) is 20.2 Å². The van der Waals surface area contributed by atoms with Gasteiger partial charge in [0, 0.05) is 27.9 Å². The number of nitrogens with one attached hydrogen (secondary N) is 2. The molecule has 0 radical (unpaired) electrons. The third kappa shape index (κ3) is 7.72.